The summed E-state index contributed by atoms with van der Waals surface area (Å²) < 4.78 is 0. The van der Waals surface area contributed by atoms with Crippen LogP contribution in [0, 0.1) is 0 Å². The topological polar surface area (TPSA) is 116 Å². The molecule has 0 unspecified atom stereocenters. The summed E-state index contributed by atoms with van der Waals surface area (Å²) in [4.78, 5) is 46.3. The standard InChI is InChI=1S/C13H13N3O5/c17-7-14-8-1-2-10-9(5-8)13(21)16(4-3-12(19)20)6-11(18)15-10/h1-2,5,7H,3-4,6H2,(H,14,17)(H,15,18)(H,19,20). The van der Waals surface area contributed by atoms with Crippen molar-refractivity contribution < 1.29 is 24.3 Å². The Hall–Kier alpha value is -2.90. The van der Waals surface area contributed by atoms with Crippen molar-refractivity contribution in [3.8, 4) is 0 Å². The van der Waals surface area contributed by atoms with Gasteiger partial charge < -0.3 is 20.6 Å². The first-order chi connectivity index (χ1) is 10.0. The number of nitrogens with one attached hydrogen (secondary N) is 2. The van der Waals surface area contributed by atoms with E-state index < -0.39 is 17.8 Å². The zero-order chi connectivity index (χ0) is 15.4. The van der Waals surface area contributed by atoms with Crippen LogP contribution in [0.3, 0.4) is 0 Å². The van der Waals surface area contributed by atoms with Gasteiger partial charge in [-0.05, 0) is 18.2 Å². The van der Waals surface area contributed by atoms with Gasteiger partial charge in [-0.25, -0.2) is 0 Å². The number of amides is 3. The highest BCUT2D eigenvalue weighted by atomic mass is 16.4. The lowest BCUT2D eigenvalue weighted by molar-refractivity contribution is -0.137. The van der Waals surface area contributed by atoms with E-state index in [4.69, 9.17) is 5.11 Å². The lowest BCUT2D eigenvalue weighted by Crippen LogP contribution is -2.36. The number of benzene rings is 1. The van der Waals surface area contributed by atoms with Gasteiger partial charge in [0.1, 0.15) is 6.54 Å². The summed E-state index contributed by atoms with van der Waals surface area (Å²) in [5, 5.41) is 13.7. The fourth-order valence-corrected chi connectivity index (χ4v) is 2.00. The number of carboxylic acid groups (broad SMARTS) is 1. The molecular formula is C13H13N3O5. The molecule has 2 rings (SSSR count). The van der Waals surface area contributed by atoms with E-state index in [9.17, 15) is 19.2 Å². The normalized spacial score (nSPS) is 14.0. The predicted octanol–water partition coefficient (Wildman–Crippen LogP) is 0.124. The predicted molar refractivity (Wildman–Crippen MR) is 72.9 cm³/mol. The van der Waals surface area contributed by atoms with E-state index in [0.717, 1.165) is 0 Å². The molecule has 0 spiro atoms. The number of hydrogen-bond acceptors (Lipinski definition) is 4. The number of anilines is 2. The summed E-state index contributed by atoms with van der Waals surface area (Å²) in [6, 6.07) is 4.50. The van der Waals surface area contributed by atoms with Crippen molar-refractivity contribution in [1.82, 2.24) is 4.90 Å². The van der Waals surface area contributed by atoms with E-state index in [1.54, 1.807) is 6.07 Å². The van der Waals surface area contributed by atoms with Gasteiger partial charge in [-0.15, -0.1) is 0 Å². The molecule has 21 heavy (non-hydrogen) atoms. The van der Waals surface area contributed by atoms with Crippen molar-refractivity contribution in [2.24, 2.45) is 0 Å². The molecule has 3 amide bonds. The molecule has 0 atom stereocenters. The van der Waals surface area contributed by atoms with Crippen LogP contribution in [-0.4, -0.2) is 47.3 Å². The maximum atomic E-state index is 12.4. The molecular weight excluding hydrogens is 278 g/mol. The Labute approximate surface area is 119 Å². The van der Waals surface area contributed by atoms with Gasteiger partial charge in [-0.1, -0.05) is 0 Å². The van der Waals surface area contributed by atoms with Gasteiger partial charge in [0.25, 0.3) is 5.91 Å². The number of hydrogen-bond donors (Lipinski definition) is 3. The molecule has 1 aliphatic rings. The Morgan fingerprint density at radius 3 is 2.86 bits per heavy atom. The van der Waals surface area contributed by atoms with Crippen molar-refractivity contribution in [1.29, 1.82) is 0 Å². The van der Waals surface area contributed by atoms with E-state index in [1.807, 2.05) is 0 Å². The summed E-state index contributed by atoms with van der Waals surface area (Å²) in [5.74, 6) is -1.91. The first-order valence-corrected chi connectivity index (χ1v) is 6.16. The van der Waals surface area contributed by atoms with Crippen molar-refractivity contribution in [3.63, 3.8) is 0 Å². The van der Waals surface area contributed by atoms with Crippen molar-refractivity contribution in [2.45, 2.75) is 6.42 Å². The number of nitrogens with zero attached hydrogens (tertiary/aromatic N) is 1. The van der Waals surface area contributed by atoms with Gasteiger partial charge in [0.15, 0.2) is 0 Å². The molecule has 0 aromatic heterocycles. The van der Waals surface area contributed by atoms with E-state index in [-0.39, 0.29) is 25.1 Å². The summed E-state index contributed by atoms with van der Waals surface area (Å²) in [7, 11) is 0. The van der Waals surface area contributed by atoms with Crippen LogP contribution in [0.15, 0.2) is 18.2 Å². The van der Waals surface area contributed by atoms with E-state index >= 15 is 0 Å². The highest BCUT2D eigenvalue weighted by molar-refractivity contribution is 6.09. The number of rotatable bonds is 5. The quantitative estimate of drug-likeness (QED) is 0.666. The van der Waals surface area contributed by atoms with Gasteiger partial charge in [-0.2, -0.15) is 0 Å². The number of carboxylic acids is 1. The average molecular weight is 291 g/mol. The van der Waals surface area contributed by atoms with E-state index in [1.165, 1.54) is 17.0 Å². The van der Waals surface area contributed by atoms with Crippen LogP contribution in [0.4, 0.5) is 11.4 Å². The lowest BCUT2D eigenvalue weighted by Gasteiger charge is -2.18. The molecule has 0 aliphatic carbocycles. The second-order valence-electron chi connectivity index (χ2n) is 4.44. The number of aliphatic carboxylic acids is 1. The fraction of sp³-hybridized carbons (Fsp3) is 0.231. The van der Waals surface area contributed by atoms with Crippen LogP contribution in [0.25, 0.3) is 0 Å². The van der Waals surface area contributed by atoms with Gasteiger partial charge in [0, 0.05) is 12.2 Å². The van der Waals surface area contributed by atoms with Crippen LogP contribution in [0.1, 0.15) is 16.8 Å². The molecule has 1 aromatic rings. The first kappa shape index (κ1) is 14.5. The number of carbonyl (C=O) groups excluding carboxylic acids is 3. The zero-order valence-corrected chi connectivity index (χ0v) is 11.0. The largest absolute Gasteiger partial charge is 0.481 e. The summed E-state index contributed by atoms with van der Waals surface area (Å²) in [5.41, 5.74) is 0.948. The van der Waals surface area contributed by atoms with Crippen molar-refractivity contribution >= 4 is 35.6 Å². The minimum Gasteiger partial charge on any atom is -0.481 e. The third kappa shape index (κ3) is 3.35. The Balaban J connectivity index is 2.32. The van der Waals surface area contributed by atoms with Crippen LogP contribution in [-0.2, 0) is 14.4 Å². The molecule has 0 saturated heterocycles. The average Bonchev–Trinajstić information content (AvgIpc) is 2.55. The van der Waals surface area contributed by atoms with Crippen LogP contribution in [0.5, 0.6) is 0 Å². The van der Waals surface area contributed by atoms with Gasteiger partial charge in [-0.3, -0.25) is 19.2 Å². The number of fused-ring (bicyclic) bond motifs is 1. The third-order valence-corrected chi connectivity index (χ3v) is 2.97. The molecule has 3 N–H and O–H groups in total. The molecule has 1 aliphatic heterocycles. The SMILES string of the molecule is O=CNc1ccc2c(c1)C(=O)N(CCC(=O)O)CC(=O)N2. The molecule has 1 heterocycles. The van der Waals surface area contributed by atoms with Crippen molar-refractivity contribution in [2.75, 3.05) is 23.7 Å². The lowest BCUT2D eigenvalue weighted by atomic mass is 10.1. The minimum atomic E-state index is -1.05. The third-order valence-electron chi connectivity index (χ3n) is 2.97. The Morgan fingerprint density at radius 1 is 1.43 bits per heavy atom. The monoisotopic (exact) mass is 291 g/mol. The van der Waals surface area contributed by atoms with Gasteiger partial charge >= 0.3 is 5.97 Å². The van der Waals surface area contributed by atoms with E-state index in [0.29, 0.717) is 17.8 Å². The molecule has 8 heteroatoms. The first-order valence-electron chi connectivity index (χ1n) is 6.16. The van der Waals surface area contributed by atoms with Gasteiger partial charge in [0.05, 0.1) is 17.7 Å². The minimum absolute atomic E-state index is 0.0631. The number of carbonyl (C=O) groups is 4. The summed E-state index contributed by atoms with van der Waals surface area (Å²) in [6.07, 6.45) is 0.227. The second kappa shape index (κ2) is 6.04. The Kier molecular flexibility index (Phi) is 4.17. The molecule has 1 aromatic carbocycles. The van der Waals surface area contributed by atoms with Gasteiger partial charge in [0.2, 0.25) is 12.3 Å². The zero-order valence-electron chi connectivity index (χ0n) is 11.0. The molecule has 0 saturated carbocycles. The Morgan fingerprint density at radius 2 is 2.19 bits per heavy atom. The molecule has 8 nitrogen and oxygen atoms in total. The smallest absolute Gasteiger partial charge is 0.305 e. The Bertz CT molecular complexity index is 614. The highest BCUT2D eigenvalue weighted by Crippen LogP contribution is 2.24. The molecule has 110 valence electrons. The molecule has 0 bridgehead atoms. The van der Waals surface area contributed by atoms with E-state index in [2.05, 4.69) is 10.6 Å². The summed E-state index contributed by atoms with van der Waals surface area (Å²) in [6.45, 7) is -0.274. The molecule has 0 radical (unpaired) electrons. The maximum absolute atomic E-state index is 12.4. The summed E-state index contributed by atoms with van der Waals surface area (Å²) >= 11 is 0. The van der Waals surface area contributed by atoms with Crippen LogP contribution >= 0.6 is 0 Å². The second-order valence-corrected chi connectivity index (χ2v) is 4.44. The maximum Gasteiger partial charge on any atom is 0.305 e. The highest BCUT2D eigenvalue weighted by Gasteiger charge is 2.26. The van der Waals surface area contributed by atoms with Crippen LogP contribution in [0.2, 0.25) is 0 Å². The van der Waals surface area contributed by atoms with Crippen LogP contribution < -0.4 is 10.6 Å². The van der Waals surface area contributed by atoms with Crippen molar-refractivity contribution in [3.05, 3.63) is 23.8 Å². The molecule has 0 fully saturated rings. The fourth-order valence-electron chi connectivity index (χ4n) is 2.00.